The van der Waals surface area contributed by atoms with Crippen molar-refractivity contribution in [2.75, 3.05) is 0 Å². The highest BCUT2D eigenvalue weighted by Gasteiger charge is 2.17. The number of rotatable bonds is 1. The Kier molecular flexibility index (Phi) is 3.14. The quantitative estimate of drug-likeness (QED) is 0.364. The predicted molar refractivity (Wildman–Crippen MR) is 79.4 cm³/mol. The summed E-state index contributed by atoms with van der Waals surface area (Å²) in [5.41, 5.74) is 1.47. The van der Waals surface area contributed by atoms with Gasteiger partial charge in [-0.2, -0.15) is 0 Å². The summed E-state index contributed by atoms with van der Waals surface area (Å²) in [6.45, 7) is 0. The fraction of sp³-hybridized carbons (Fsp3) is 0.0833. The summed E-state index contributed by atoms with van der Waals surface area (Å²) in [5, 5.41) is 0.271. The van der Waals surface area contributed by atoms with Gasteiger partial charge in [0.05, 0.1) is 5.56 Å². The Bertz CT molecular complexity index is 787. The molecule has 0 atom stereocenters. The Balaban J connectivity index is 2.35. The standard InChI is InChI=1S/C12H7ClFIN4/c1-19-10(6-4-2-3-5-7(6)14)16-8-9(13)17-12(15)18-11(8)19/h2-5H,1H3. The van der Waals surface area contributed by atoms with Gasteiger partial charge in [0, 0.05) is 29.6 Å². The molecule has 2 heterocycles. The van der Waals surface area contributed by atoms with Crippen LogP contribution in [0.1, 0.15) is 0 Å². The Morgan fingerprint density at radius 3 is 2.68 bits per heavy atom. The fourth-order valence-electron chi connectivity index (χ4n) is 1.89. The van der Waals surface area contributed by atoms with E-state index in [4.69, 9.17) is 11.6 Å². The van der Waals surface area contributed by atoms with Gasteiger partial charge in [-0.25, -0.2) is 19.3 Å². The molecule has 0 amide bonds. The molecule has 0 N–H and O–H groups in total. The lowest BCUT2D eigenvalue weighted by Crippen LogP contribution is -1.97. The zero-order valence-corrected chi connectivity index (χ0v) is 12.6. The number of aromatic nitrogens is 4. The van der Waals surface area contributed by atoms with E-state index in [1.165, 1.54) is 6.07 Å². The maximum atomic E-state index is 13.8. The van der Waals surface area contributed by atoms with Crippen molar-refractivity contribution in [3.05, 3.63) is 39.1 Å². The number of hydrogen-bond acceptors (Lipinski definition) is 3. The second-order valence-electron chi connectivity index (χ2n) is 3.93. The Labute approximate surface area is 126 Å². The monoisotopic (exact) mass is 388 g/mol. The Hall–Kier alpha value is -1.28. The SMILES string of the molecule is Cn1c(-c2ccccc2F)nc2c(Cl)nc(I)nc21. The van der Waals surface area contributed by atoms with E-state index < -0.39 is 0 Å². The smallest absolute Gasteiger partial charge is 0.194 e. The molecule has 0 saturated carbocycles. The van der Waals surface area contributed by atoms with Crippen LogP contribution in [0.25, 0.3) is 22.6 Å². The summed E-state index contributed by atoms with van der Waals surface area (Å²) in [5.74, 6) is 0.144. The molecule has 3 aromatic rings. The van der Waals surface area contributed by atoms with Crippen LogP contribution >= 0.6 is 34.2 Å². The van der Waals surface area contributed by atoms with E-state index in [0.29, 0.717) is 26.4 Å². The average Bonchev–Trinajstić information content (AvgIpc) is 2.68. The minimum absolute atomic E-state index is 0.271. The van der Waals surface area contributed by atoms with Crippen molar-refractivity contribution in [2.24, 2.45) is 7.05 Å². The van der Waals surface area contributed by atoms with E-state index in [9.17, 15) is 4.39 Å². The van der Waals surface area contributed by atoms with Crippen molar-refractivity contribution < 1.29 is 4.39 Å². The normalized spacial score (nSPS) is 11.2. The second-order valence-corrected chi connectivity index (χ2v) is 5.25. The molecule has 0 aliphatic rings. The van der Waals surface area contributed by atoms with Gasteiger partial charge < -0.3 is 4.57 Å². The molecule has 0 aliphatic heterocycles. The Morgan fingerprint density at radius 2 is 1.95 bits per heavy atom. The summed E-state index contributed by atoms with van der Waals surface area (Å²) in [6, 6.07) is 6.46. The van der Waals surface area contributed by atoms with E-state index >= 15 is 0 Å². The molecule has 0 fully saturated rings. The van der Waals surface area contributed by atoms with Gasteiger partial charge in [0.1, 0.15) is 17.2 Å². The number of halogens is 3. The molecule has 4 nitrogen and oxygen atoms in total. The van der Waals surface area contributed by atoms with Crippen LogP contribution < -0.4 is 0 Å². The third-order valence-corrected chi connectivity index (χ3v) is 3.51. The molecule has 0 unspecified atom stereocenters. The van der Waals surface area contributed by atoms with Crippen molar-refractivity contribution in [2.45, 2.75) is 0 Å². The highest BCUT2D eigenvalue weighted by Crippen LogP contribution is 2.27. The largest absolute Gasteiger partial charge is 0.312 e. The van der Waals surface area contributed by atoms with E-state index in [1.54, 1.807) is 29.8 Å². The van der Waals surface area contributed by atoms with Gasteiger partial charge in [0.15, 0.2) is 14.6 Å². The molecular weight excluding hydrogens is 382 g/mol. The van der Waals surface area contributed by atoms with Crippen LogP contribution in [0.2, 0.25) is 5.15 Å². The number of nitrogens with zero attached hydrogens (tertiary/aromatic N) is 4. The number of imidazole rings is 1. The van der Waals surface area contributed by atoms with Crippen LogP contribution in [0.3, 0.4) is 0 Å². The number of aryl methyl sites for hydroxylation is 1. The molecule has 0 bridgehead atoms. The summed E-state index contributed by atoms with van der Waals surface area (Å²) >= 11 is 8.03. The van der Waals surface area contributed by atoms with Crippen LogP contribution in [0.4, 0.5) is 4.39 Å². The van der Waals surface area contributed by atoms with Gasteiger partial charge in [-0.15, -0.1) is 0 Å². The highest BCUT2D eigenvalue weighted by atomic mass is 127. The minimum Gasteiger partial charge on any atom is -0.312 e. The third-order valence-electron chi connectivity index (χ3n) is 2.76. The van der Waals surface area contributed by atoms with Crippen molar-refractivity contribution in [3.8, 4) is 11.4 Å². The predicted octanol–water partition coefficient (Wildman–Crippen LogP) is 3.43. The van der Waals surface area contributed by atoms with Crippen molar-refractivity contribution in [1.29, 1.82) is 0 Å². The maximum Gasteiger partial charge on any atom is 0.194 e. The number of hydrogen-bond donors (Lipinski definition) is 0. The first kappa shape index (κ1) is 12.7. The topological polar surface area (TPSA) is 43.6 Å². The molecular formula is C12H7ClFIN4. The highest BCUT2D eigenvalue weighted by molar-refractivity contribution is 14.1. The first-order valence-corrected chi connectivity index (χ1v) is 6.84. The second kappa shape index (κ2) is 4.68. The molecule has 96 valence electrons. The van der Waals surface area contributed by atoms with Crippen LogP contribution in [0, 0.1) is 9.65 Å². The average molecular weight is 389 g/mol. The van der Waals surface area contributed by atoms with Gasteiger partial charge in [-0.05, 0) is 12.1 Å². The Morgan fingerprint density at radius 1 is 1.21 bits per heavy atom. The molecule has 0 radical (unpaired) electrons. The van der Waals surface area contributed by atoms with Crippen LogP contribution in [0.15, 0.2) is 24.3 Å². The summed E-state index contributed by atoms with van der Waals surface area (Å²) in [4.78, 5) is 12.7. The van der Waals surface area contributed by atoms with Gasteiger partial charge in [0.2, 0.25) is 0 Å². The lowest BCUT2D eigenvalue weighted by Gasteiger charge is -2.02. The fourth-order valence-corrected chi connectivity index (χ4v) is 2.71. The molecule has 0 aliphatic carbocycles. The molecule has 7 heteroatoms. The van der Waals surface area contributed by atoms with Gasteiger partial charge in [0.25, 0.3) is 0 Å². The van der Waals surface area contributed by atoms with Crippen molar-refractivity contribution in [3.63, 3.8) is 0 Å². The van der Waals surface area contributed by atoms with E-state index in [1.807, 2.05) is 22.6 Å². The van der Waals surface area contributed by atoms with Crippen molar-refractivity contribution in [1.82, 2.24) is 19.5 Å². The van der Waals surface area contributed by atoms with E-state index in [0.717, 1.165) is 0 Å². The molecule has 0 spiro atoms. The zero-order valence-electron chi connectivity index (χ0n) is 9.73. The van der Waals surface area contributed by atoms with Crippen molar-refractivity contribution >= 4 is 45.4 Å². The summed E-state index contributed by atoms with van der Waals surface area (Å²) in [7, 11) is 1.77. The van der Waals surface area contributed by atoms with Crippen LogP contribution in [0.5, 0.6) is 0 Å². The van der Waals surface area contributed by atoms with Crippen LogP contribution in [-0.4, -0.2) is 19.5 Å². The first-order valence-electron chi connectivity index (χ1n) is 5.38. The van der Waals surface area contributed by atoms with Gasteiger partial charge in [-0.1, -0.05) is 23.7 Å². The minimum atomic E-state index is -0.334. The van der Waals surface area contributed by atoms with E-state index in [2.05, 4.69) is 15.0 Å². The molecule has 0 saturated heterocycles. The zero-order chi connectivity index (χ0) is 13.6. The molecule has 1 aromatic carbocycles. The maximum absolute atomic E-state index is 13.8. The number of fused-ring (bicyclic) bond motifs is 1. The van der Waals surface area contributed by atoms with Gasteiger partial charge >= 0.3 is 0 Å². The lowest BCUT2D eigenvalue weighted by molar-refractivity contribution is 0.629. The molecule has 19 heavy (non-hydrogen) atoms. The van der Waals surface area contributed by atoms with Crippen LogP contribution in [-0.2, 0) is 7.05 Å². The number of benzene rings is 1. The van der Waals surface area contributed by atoms with E-state index in [-0.39, 0.29) is 11.0 Å². The van der Waals surface area contributed by atoms with Gasteiger partial charge in [-0.3, -0.25) is 0 Å². The first-order chi connectivity index (χ1) is 9.08. The summed E-state index contributed by atoms with van der Waals surface area (Å²) in [6.07, 6.45) is 0. The molecule has 3 rings (SSSR count). The lowest BCUT2D eigenvalue weighted by atomic mass is 10.2. The summed E-state index contributed by atoms with van der Waals surface area (Å²) < 4.78 is 16.1. The molecule has 2 aromatic heterocycles. The third kappa shape index (κ3) is 2.08.